The second kappa shape index (κ2) is 7.33. The highest BCUT2D eigenvalue weighted by atomic mass is 32.1. The number of hydrogen-bond acceptors (Lipinski definition) is 6. The predicted molar refractivity (Wildman–Crippen MR) is 99.7 cm³/mol. The first-order valence-corrected chi connectivity index (χ1v) is 9.53. The largest absolute Gasteiger partial charge is 0.366 e. The van der Waals surface area contributed by atoms with E-state index in [-0.39, 0.29) is 0 Å². The van der Waals surface area contributed by atoms with Gasteiger partial charge < -0.3 is 10.3 Å². The Morgan fingerprint density at radius 1 is 1.24 bits per heavy atom. The molecule has 0 aliphatic carbocycles. The van der Waals surface area contributed by atoms with Crippen molar-refractivity contribution in [1.29, 1.82) is 0 Å². The van der Waals surface area contributed by atoms with E-state index in [9.17, 15) is 0 Å². The molecule has 4 heterocycles. The first kappa shape index (κ1) is 16.2. The quantitative estimate of drug-likeness (QED) is 0.737. The number of anilines is 1. The molecule has 0 unspecified atom stereocenters. The number of aromatic nitrogens is 4. The van der Waals surface area contributed by atoms with E-state index in [4.69, 9.17) is 0 Å². The van der Waals surface area contributed by atoms with Crippen molar-refractivity contribution in [2.75, 3.05) is 18.4 Å². The lowest BCUT2D eigenvalue weighted by molar-refractivity contribution is 0.275. The highest BCUT2D eigenvalue weighted by molar-refractivity contribution is 7.07. The number of nitrogens with one attached hydrogen (secondary N) is 2. The Hall–Kier alpha value is -2.25. The Kier molecular flexibility index (Phi) is 4.76. The molecule has 0 spiro atoms. The summed E-state index contributed by atoms with van der Waals surface area (Å²) < 4.78 is 0. The standard InChI is InChI=1S/C18H22N6S/c1-13-17(22-11-20-13)9-24-5-2-15-16(3-6-24)21-12-23-18(15)19-8-14-4-7-25-10-14/h4,7,10-12H,2-3,5-6,8-9H2,1H3,(H,20,22)(H,19,21,23). The minimum atomic E-state index is 0.809. The minimum absolute atomic E-state index is 0.809. The lowest BCUT2D eigenvalue weighted by Gasteiger charge is -2.18. The summed E-state index contributed by atoms with van der Waals surface area (Å²) in [7, 11) is 0. The fourth-order valence-corrected chi connectivity index (χ4v) is 3.89. The molecule has 0 fully saturated rings. The van der Waals surface area contributed by atoms with Crippen LogP contribution < -0.4 is 5.32 Å². The molecule has 1 aliphatic heterocycles. The van der Waals surface area contributed by atoms with E-state index in [1.807, 2.05) is 0 Å². The molecular formula is C18H22N6S. The lowest BCUT2D eigenvalue weighted by Crippen LogP contribution is -2.26. The third-order valence-corrected chi connectivity index (χ3v) is 5.46. The van der Waals surface area contributed by atoms with Crippen molar-refractivity contribution in [2.45, 2.75) is 32.9 Å². The van der Waals surface area contributed by atoms with Crippen LogP contribution in [0.1, 0.15) is 28.2 Å². The Morgan fingerprint density at radius 2 is 2.16 bits per heavy atom. The second-order valence-electron chi connectivity index (χ2n) is 6.38. The summed E-state index contributed by atoms with van der Waals surface area (Å²) in [6, 6.07) is 2.14. The molecule has 0 atom stereocenters. The number of aromatic amines is 1. The molecule has 6 nitrogen and oxygen atoms in total. The molecule has 1 aliphatic rings. The number of fused-ring (bicyclic) bond motifs is 1. The summed E-state index contributed by atoms with van der Waals surface area (Å²) in [5.41, 5.74) is 6.01. The number of thiophene rings is 1. The van der Waals surface area contributed by atoms with E-state index in [1.54, 1.807) is 24.0 Å². The minimum Gasteiger partial charge on any atom is -0.366 e. The zero-order chi connectivity index (χ0) is 17.1. The molecule has 4 rings (SSSR count). The van der Waals surface area contributed by atoms with Gasteiger partial charge in [-0.15, -0.1) is 0 Å². The monoisotopic (exact) mass is 354 g/mol. The maximum absolute atomic E-state index is 4.54. The van der Waals surface area contributed by atoms with Gasteiger partial charge >= 0.3 is 0 Å². The molecule has 130 valence electrons. The van der Waals surface area contributed by atoms with E-state index in [2.05, 4.69) is 53.9 Å². The molecule has 2 N–H and O–H groups in total. The number of H-pyrrole nitrogens is 1. The third kappa shape index (κ3) is 3.72. The molecule has 0 aromatic carbocycles. The summed E-state index contributed by atoms with van der Waals surface area (Å²) in [4.78, 5) is 19.1. The zero-order valence-electron chi connectivity index (χ0n) is 14.3. The first-order valence-electron chi connectivity index (χ1n) is 8.58. The molecular weight excluding hydrogens is 332 g/mol. The Labute approximate surface area is 151 Å². The van der Waals surface area contributed by atoms with Crippen molar-refractivity contribution < 1.29 is 0 Å². The fourth-order valence-electron chi connectivity index (χ4n) is 3.22. The van der Waals surface area contributed by atoms with Crippen molar-refractivity contribution in [3.8, 4) is 0 Å². The Balaban J connectivity index is 1.45. The van der Waals surface area contributed by atoms with Gasteiger partial charge in [0.2, 0.25) is 0 Å². The smallest absolute Gasteiger partial charge is 0.133 e. The van der Waals surface area contributed by atoms with Crippen LogP contribution in [0.4, 0.5) is 5.82 Å². The van der Waals surface area contributed by atoms with E-state index in [0.29, 0.717) is 0 Å². The highest BCUT2D eigenvalue weighted by Crippen LogP contribution is 2.22. The van der Waals surface area contributed by atoms with Crippen molar-refractivity contribution in [2.24, 2.45) is 0 Å². The summed E-state index contributed by atoms with van der Waals surface area (Å²) in [6.45, 7) is 5.77. The summed E-state index contributed by atoms with van der Waals surface area (Å²) in [5.74, 6) is 0.981. The molecule has 0 saturated heterocycles. The predicted octanol–water partition coefficient (Wildman–Crippen LogP) is 2.78. The maximum Gasteiger partial charge on any atom is 0.133 e. The Morgan fingerprint density at radius 3 is 2.96 bits per heavy atom. The van der Waals surface area contributed by atoms with E-state index >= 15 is 0 Å². The first-order chi connectivity index (χ1) is 12.3. The molecule has 0 radical (unpaired) electrons. The Bertz CT molecular complexity index is 826. The van der Waals surface area contributed by atoms with Crippen molar-refractivity contribution >= 4 is 17.2 Å². The van der Waals surface area contributed by atoms with Crippen molar-refractivity contribution in [1.82, 2.24) is 24.8 Å². The third-order valence-electron chi connectivity index (χ3n) is 4.73. The highest BCUT2D eigenvalue weighted by Gasteiger charge is 2.19. The van der Waals surface area contributed by atoms with Crippen LogP contribution in [-0.4, -0.2) is 37.9 Å². The second-order valence-corrected chi connectivity index (χ2v) is 7.16. The van der Waals surface area contributed by atoms with E-state index < -0.39 is 0 Å². The van der Waals surface area contributed by atoms with Crippen LogP contribution in [0.3, 0.4) is 0 Å². The van der Waals surface area contributed by atoms with Gasteiger partial charge in [-0.1, -0.05) is 0 Å². The van der Waals surface area contributed by atoms with Gasteiger partial charge in [0.05, 0.1) is 17.7 Å². The summed E-state index contributed by atoms with van der Waals surface area (Å²) in [5, 5.41) is 7.76. The van der Waals surface area contributed by atoms with Gasteiger partial charge in [-0.2, -0.15) is 11.3 Å². The molecule has 0 bridgehead atoms. The molecule has 0 amide bonds. The number of hydrogen-bond donors (Lipinski definition) is 2. The zero-order valence-corrected chi connectivity index (χ0v) is 15.1. The SMILES string of the molecule is Cc1[nH]cnc1CN1CCc2ncnc(NCc3ccsc3)c2CC1. The molecule has 7 heteroatoms. The average molecular weight is 354 g/mol. The normalized spacial score (nSPS) is 14.9. The number of rotatable bonds is 5. The maximum atomic E-state index is 4.54. The summed E-state index contributed by atoms with van der Waals surface area (Å²) in [6.07, 6.45) is 5.37. The van der Waals surface area contributed by atoms with Gasteiger partial charge in [0.25, 0.3) is 0 Å². The van der Waals surface area contributed by atoms with Gasteiger partial charge in [0.15, 0.2) is 0 Å². The van der Waals surface area contributed by atoms with Gasteiger partial charge in [0.1, 0.15) is 12.1 Å². The lowest BCUT2D eigenvalue weighted by atomic mass is 10.1. The average Bonchev–Trinajstić information content (AvgIpc) is 3.23. The molecule has 25 heavy (non-hydrogen) atoms. The van der Waals surface area contributed by atoms with Crippen LogP contribution in [0.25, 0.3) is 0 Å². The van der Waals surface area contributed by atoms with E-state index in [1.165, 1.54) is 16.8 Å². The topological polar surface area (TPSA) is 69.7 Å². The van der Waals surface area contributed by atoms with Crippen molar-refractivity contribution in [3.05, 3.63) is 57.7 Å². The van der Waals surface area contributed by atoms with Gasteiger partial charge in [0, 0.05) is 43.9 Å². The van der Waals surface area contributed by atoms with Crippen LogP contribution >= 0.6 is 11.3 Å². The van der Waals surface area contributed by atoms with Gasteiger partial charge in [-0.25, -0.2) is 15.0 Å². The van der Waals surface area contributed by atoms with Crippen molar-refractivity contribution in [3.63, 3.8) is 0 Å². The van der Waals surface area contributed by atoms with Crippen LogP contribution in [0.15, 0.2) is 29.5 Å². The van der Waals surface area contributed by atoms with Crippen LogP contribution in [-0.2, 0) is 25.9 Å². The number of nitrogens with zero attached hydrogens (tertiary/aromatic N) is 4. The molecule has 3 aromatic heterocycles. The summed E-state index contributed by atoms with van der Waals surface area (Å²) >= 11 is 1.72. The molecule has 3 aromatic rings. The van der Waals surface area contributed by atoms with Crippen LogP contribution in [0, 0.1) is 6.92 Å². The fraction of sp³-hybridized carbons (Fsp3) is 0.389. The molecule has 0 saturated carbocycles. The van der Waals surface area contributed by atoms with Crippen LogP contribution in [0.5, 0.6) is 0 Å². The van der Waals surface area contributed by atoms with Gasteiger partial charge in [-0.05, 0) is 35.7 Å². The van der Waals surface area contributed by atoms with Crippen LogP contribution in [0.2, 0.25) is 0 Å². The number of imidazole rings is 1. The van der Waals surface area contributed by atoms with E-state index in [0.717, 1.165) is 56.2 Å². The van der Waals surface area contributed by atoms with Gasteiger partial charge in [-0.3, -0.25) is 4.90 Å². The number of aryl methyl sites for hydroxylation is 1.